The quantitative estimate of drug-likeness (QED) is 0.729. The van der Waals surface area contributed by atoms with E-state index in [0.717, 1.165) is 25.7 Å². The van der Waals surface area contributed by atoms with Crippen LogP contribution in [-0.4, -0.2) is 24.2 Å². The predicted molar refractivity (Wildman–Crippen MR) is 82.5 cm³/mol. The van der Waals surface area contributed by atoms with Crippen LogP contribution in [0.15, 0.2) is 30.3 Å². The van der Waals surface area contributed by atoms with Crippen molar-refractivity contribution in [3.05, 3.63) is 35.9 Å². The molecule has 2 N–H and O–H groups in total. The van der Waals surface area contributed by atoms with E-state index >= 15 is 0 Å². The zero-order chi connectivity index (χ0) is 14.8. The maximum atomic E-state index is 11.8. The smallest absolute Gasteiger partial charge is 0.220 e. The minimum atomic E-state index is -0.158. The summed E-state index contributed by atoms with van der Waals surface area (Å²) >= 11 is 0. The van der Waals surface area contributed by atoms with Crippen molar-refractivity contribution in [3.63, 3.8) is 0 Å². The first kappa shape index (κ1) is 16.7. The lowest BCUT2D eigenvalue weighted by atomic mass is 9.83. The summed E-state index contributed by atoms with van der Waals surface area (Å²) in [6, 6.07) is 10.2. The fourth-order valence-electron chi connectivity index (χ4n) is 2.25. The van der Waals surface area contributed by atoms with Crippen molar-refractivity contribution in [2.75, 3.05) is 13.2 Å². The summed E-state index contributed by atoms with van der Waals surface area (Å²) < 4.78 is 0. The van der Waals surface area contributed by atoms with Crippen LogP contribution in [0, 0.1) is 5.41 Å². The molecule has 3 heteroatoms. The van der Waals surface area contributed by atoms with E-state index in [4.69, 9.17) is 0 Å². The molecule has 1 aromatic rings. The molecule has 0 aliphatic rings. The molecular weight excluding hydrogens is 250 g/mol. The number of rotatable bonds is 9. The fraction of sp³-hybridized carbons (Fsp3) is 0.588. The average Bonchev–Trinajstić information content (AvgIpc) is 2.50. The molecule has 0 unspecified atom stereocenters. The Morgan fingerprint density at radius 1 is 1.20 bits per heavy atom. The first-order valence-electron chi connectivity index (χ1n) is 7.57. The number of hydrogen-bond donors (Lipinski definition) is 2. The van der Waals surface area contributed by atoms with Gasteiger partial charge in [-0.3, -0.25) is 4.79 Å². The van der Waals surface area contributed by atoms with Crippen LogP contribution in [0.1, 0.15) is 45.1 Å². The minimum absolute atomic E-state index is 0.0839. The Bertz CT molecular complexity index is 377. The zero-order valence-corrected chi connectivity index (χ0v) is 12.7. The van der Waals surface area contributed by atoms with Crippen LogP contribution in [0.3, 0.4) is 0 Å². The number of nitrogens with one attached hydrogen (secondary N) is 1. The summed E-state index contributed by atoms with van der Waals surface area (Å²) in [6.07, 6.45) is 4.10. The Balaban J connectivity index is 2.27. The normalized spacial score (nSPS) is 11.3. The van der Waals surface area contributed by atoms with Gasteiger partial charge in [-0.25, -0.2) is 0 Å². The van der Waals surface area contributed by atoms with Crippen molar-refractivity contribution in [1.29, 1.82) is 0 Å². The molecule has 112 valence electrons. The van der Waals surface area contributed by atoms with Gasteiger partial charge in [0.15, 0.2) is 0 Å². The van der Waals surface area contributed by atoms with Crippen molar-refractivity contribution >= 4 is 5.91 Å². The van der Waals surface area contributed by atoms with Gasteiger partial charge in [-0.1, -0.05) is 44.2 Å². The van der Waals surface area contributed by atoms with E-state index in [2.05, 4.69) is 31.3 Å². The molecule has 1 amide bonds. The Labute approximate surface area is 122 Å². The van der Waals surface area contributed by atoms with E-state index < -0.39 is 0 Å². The van der Waals surface area contributed by atoms with Gasteiger partial charge in [-0.2, -0.15) is 0 Å². The molecule has 0 atom stereocenters. The molecule has 0 aromatic heterocycles. The summed E-state index contributed by atoms with van der Waals surface area (Å²) in [4.78, 5) is 11.8. The SMILES string of the molecule is CCC(CC)(CO)CNC(=O)CCCc1ccccc1. The molecule has 3 nitrogen and oxygen atoms in total. The van der Waals surface area contributed by atoms with Gasteiger partial charge in [0.2, 0.25) is 5.91 Å². The third-order valence-electron chi connectivity index (χ3n) is 4.21. The molecule has 0 aliphatic carbocycles. The highest BCUT2D eigenvalue weighted by Gasteiger charge is 2.25. The highest BCUT2D eigenvalue weighted by Crippen LogP contribution is 2.24. The molecule has 20 heavy (non-hydrogen) atoms. The van der Waals surface area contributed by atoms with E-state index in [1.54, 1.807) is 0 Å². The molecule has 0 saturated heterocycles. The second kappa shape index (κ2) is 8.75. The van der Waals surface area contributed by atoms with Crippen molar-refractivity contribution in [2.45, 2.75) is 46.0 Å². The van der Waals surface area contributed by atoms with Gasteiger partial charge in [0.1, 0.15) is 0 Å². The van der Waals surface area contributed by atoms with Gasteiger partial charge in [0.05, 0.1) is 6.61 Å². The van der Waals surface area contributed by atoms with Gasteiger partial charge in [0.25, 0.3) is 0 Å². The number of aryl methyl sites for hydroxylation is 1. The van der Waals surface area contributed by atoms with E-state index in [9.17, 15) is 9.90 Å². The number of aliphatic hydroxyl groups is 1. The summed E-state index contributed by atoms with van der Waals surface area (Å²) in [7, 11) is 0. The van der Waals surface area contributed by atoms with E-state index in [1.165, 1.54) is 5.56 Å². The van der Waals surface area contributed by atoms with Crippen LogP contribution in [-0.2, 0) is 11.2 Å². The highest BCUT2D eigenvalue weighted by atomic mass is 16.3. The lowest BCUT2D eigenvalue weighted by molar-refractivity contribution is -0.121. The molecule has 0 heterocycles. The lowest BCUT2D eigenvalue weighted by Gasteiger charge is -2.29. The molecule has 0 aliphatic heterocycles. The topological polar surface area (TPSA) is 49.3 Å². The van der Waals surface area contributed by atoms with Crippen LogP contribution in [0.4, 0.5) is 0 Å². The molecule has 0 bridgehead atoms. The molecule has 0 spiro atoms. The largest absolute Gasteiger partial charge is 0.396 e. The summed E-state index contributed by atoms with van der Waals surface area (Å²) in [6.45, 7) is 4.81. The Hall–Kier alpha value is -1.35. The van der Waals surface area contributed by atoms with E-state index in [1.807, 2.05) is 18.2 Å². The number of carbonyl (C=O) groups excluding carboxylic acids is 1. The first-order valence-corrected chi connectivity index (χ1v) is 7.57. The molecule has 0 saturated carbocycles. The van der Waals surface area contributed by atoms with Crippen LogP contribution < -0.4 is 5.32 Å². The number of amides is 1. The minimum Gasteiger partial charge on any atom is -0.396 e. The number of hydrogen-bond acceptors (Lipinski definition) is 2. The highest BCUT2D eigenvalue weighted by molar-refractivity contribution is 5.75. The van der Waals surface area contributed by atoms with Crippen LogP contribution in [0.25, 0.3) is 0 Å². The van der Waals surface area contributed by atoms with Gasteiger partial charge >= 0.3 is 0 Å². The maximum absolute atomic E-state index is 11.8. The van der Waals surface area contributed by atoms with Gasteiger partial charge in [-0.05, 0) is 31.2 Å². The number of aliphatic hydroxyl groups excluding tert-OH is 1. The number of benzene rings is 1. The summed E-state index contributed by atoms with van der Waals surface area (Å²) in [5.41, 5.74) is 1.11. The molecular formula is C17H27NO2. The van der Waals surface area contributed by atoms with Crippen molar-refractivity contribution in [1.82, 2.24) is 5.32 Å². The first-order chi connectivity index (χ1) is 9.65. The van der Waals surface area contributed by atoms with Crippen LogP contribution >= 0.6 is 0 Å². The zero-order valence-electron chi connectivity index (χ0n) is 12.7. The van der Waals surface area contributed by atoms with Gasteiger partial charge in [0, 0.05) is 18.4 Å². The van der Waals surface area contributed by atoms with E-state index in [0.29, 0.717) is 13.0 Å². The van der Waals surface area contributed by atoms with Crippen molar-refractivity contribution < 1.29 is 9.90 Å². The summed E-state index contributed by atoms with van der Waals surface area (Å²) in [5, 5.41) is 12.4. The van der Waals surface area contributed by atoms with Gasteiger partial charge in [-0.15, -0.1) is 0 Å². The third kappa shape index (κ3) is 5.33. The van der Waals surface area contributed by atoms with E-state index in [-0.39, 0.29) is 17.9 Å². The Morgan fingerprint density at radius 3 is 2.40 bits per heavy atom. The average molecular weight is 277 g/mol. The maximum Gasteiger partial charge on any atom is 0.220 e. The number of carbonyl (C=O) groups is 1. The summed E-state index contributed by atoms with van der Waals surface area (Å²) in [5.74, 6) is 0.0839. The third-order valence-corrected chi connectivity index (χ3v) is 4.21. The second-order valence-corrected chi connectivity index (χ2v) is 5.48. The standard InChI is InChI=1S/C17H27NO2/c1-3-17(4-2,14-19)13-18-16(20)12-8-11-15-9-6-5-7-10-15/h5-7,9-10,19H,3-4,8,11-14H2,1-2H3,(H,18,20). The molecule has 1 rings (SSSR count). The molecule has 0 radical (unpaired) electrons. The molecule has 0 fully saturated rings. The van der Waals surface area contributed by atoms with Crippen LogP contribution in [0.5, 0.6) is 0 Å². The van der Waals surface area contributed by atoms with Crippen LogP contribution in [0.2, 0.25) is 0 Å². The lowest BCUT2D eigenvalue weighted by Crippen LogP contribution is -2.39. The monoisotopic (exact) mass is 277 g/mol. The van der Waals surface area contributed by atoms with Gasteiger partial charge < -0.3 is 10.4 Å². The van der Waals surface area contributed by atoms with Crippen molar-refractivity contribution in [3.8, 4) is 0 Å². The second-order valence-electron chi connectivity index (χ2n) is 5.48. The molecule has 1 aromatic carbocycles. The predicted octanol–water partition coefficient (Wildman–Crippen LogP) is 2.92. The Morgan fingerprint density at radius 2 is 1.85 bits per heavy atom. The van der Waals surface area contributed by atoms with Crippen molar-refractivity contribution in [2.24, 2.45) is 5.41 Å². The Kier molecular flexibility index (Phi) is 7.31. The fourth-order valence-corrected chi connectivity index (χ4v) is 2.25.